The first-order valence-electron chi connectivity index (χ1n) is 9.99. The van der Waals surface area contributed by atoms with Gasteiger partial charge in [-0.05, 0) is 37.5 Å². The van der Waals surface area contributed by atoms with E-state index in [1.54, 1.807) is 6.92 Å². The monoisotopic (exact) mass is 373 g/mol. The lowest BCUT2D eigenvalue weighted by Crippen LogP contribution is -2.47. The van der Waals surface area contributed by atoms with Crippen molar-refractivity contribution >= 4 is 27.9 Å². The van der Waals surface area contributed by atoms with Crippen molar-refractivity contribution in [3.8, 4) is 0 Å². The molecule has 1 fully saturated rings. The molecule has 1 N–H and O–H groups in total. The summed E-state index contributed by atoms with van der Waals surface area (Å²) in [5, 5.41) is 10.7. The van der Waals surface area contributed by atoms with Crippen LogP contribution in [0.1, 0.15) is 35.7 Å². The molecule has 28 heavy (non-hydrogen) atoms. The van der Waals surface area contributed by atoms with Gasteiger partial charge in [0.05, 0.1) is 5.69 Å². The third-order valence-electron chi connectivity index (χ3n) is 5.55. The third-order valence-corrected chi connectivity index (χ3v) is 5.55. The zero-order valence-electron chi connectivity index (χ0n) is 16.6. The molecule has 0 aliphatic carbocycles. The highest BCUT2D eigenvalue weighted by Gasteiger charge is 2.22. The van der Waals surface area contributed by atoms with Crippen molar-refractivity contribution in [3.05, 3.63) is 71.8 Å². The first-order valence-corrected chi connectivity index (χ1v) is 9.99. The van der Waals surface area contributed by atoms with Crippen LogP contribution in [-0.4, -0.2) is 30.9 Å². The summed E-state index contributed by atoms with van der Waals surface area (Å²) in [6.45, 7) is 4.52. The Morgan fingerprint density at radius 1 is 0.929 bits per heavy atom. The maximum atomic E-state index is 11.5. The summed E-state index contributed by atoms with van der Waals surface area (Å²) in [7, 11) is 1.97. The number of benzene rings is 3. The molecule has 4 nitrogen and oxygen atoms in total. The summed E-state index contributed by atoms with van der Waals surface area (Å²) in [5.41, 5.74) is 4.42. The summed E-state index contributed by atoms with van der Waals surface area (Å²) in [5.74, 6) is 0.113. The molecular weight excluding hydrogens is 346 g/mol. The predicted octanol–water partition coefficient (Wildman–Crippen LogP) is 5.10. The van der Waals surface area contributed by atoms with Crippen molar-refractivity contribution in [1.29, 1.82) is 0 Å². The lowest BCUT2D eigenvalue weighted by molar-refractivity contribution is 0.101. The van der Waals surface area contributed by atoms with Gasteiger partial charge in [0.2, 0.25) is 0 Å². The molecule has 144 valence electrons. The number of carbonyl (C=O) groups excluding carboxylic acids is 1. The highest BCUT2D eigenvalue weighted by molar-refractivity contribution is 6.02. The van der Waals surface area contributed by atoms with E-state index in [4.69, 9.17) is 0 Å². The van der Waals surface area contributed by atoms with E-state index in [-0.39, 0.29) is 5.78 Å². The van der Waals surface area contributed by atoms with Crippen molar-refractivity contribution in [2.24, 2.45) is 0 Å². The standard InChI is InChI=1S/C24H27N3O/c1-18(28)20-11-9-19(10-12-20)17-26-15-5-6-16-27(26)24-14-13-23(25-2)21-7-3-4-8-22(21)24/h3-4,7-14,25H,5-6,15-17H2,1-2H3. The molecule has 0 unspecified atom stereocenters. The SMILES string of the molecule is CNc1ccc(N2CCCCN2Cc2ccc(C(C)=O)cc2)c2ccccc12. The lowest BCUT2D eigenvalue weighted by atomic mass is 10.1. The zero-order chi connectivity index (χ0) is 19.5. The number of rotatable bonds is 5. The Bertz CT molecular complexity index is 981. The summed E-state index contributed by atoms with van der Waals surface area (Å²) in [6.07, 6.45) is 2.40. The minimum atomic E-state index is 0.113. The maximum absolute atomic E-state index is 11.5. The highest BCUT2D eigenvalue weighted by atomic mass is 16.1. The first-order chi connectivity index (χ1) is 13.7. The van der Waals surface area contributed by atoms with Crippen LogP contribution in [0.15, 0.2) is 60.7 Å². The van der Waals surface area contributed by atoms with Crippen molar-refractivity contribution in [3.63, 3.8) is 0 Å². The van der Waals surface area contributed by atoms with Crippen LogP contribution >= 0.6 is 0 Å². The number of hydrogen-bond acceptors (Lipinski definition) is 4. The van der Waals surface area contributed by atoms with Gasteiger partial charge in [0.25, 0.3) is 0 Å². The van der Waals surface area contributed by atoms with Crippen LogP contribution in [0.3, 0.4) is 0 Å². The second-order valence-electron chi connectivity index (χ2n) is 7.40. The molecule has 1 aliphatic rings. The Kier molecular flexibility index (Phi) is 5.31. The number of Topliss-reactive ketones (excluding diaryl/α,β-unsaturated/α-hetero) is 1. The molecule has 0 spiro atoms. The average molecular weight is 374 g/mol. The average Bonchev–Trinajstić information content (AvgIpc) is 2.74. The topological polar surface area (TPSA) is 35.6 Å². The summed E-state index contributed by atoms with van der Waals surface area (Å²) in [4.78, 5) is 11.5. The molecule has 1 aliphatic heterocycles. The molecule has 4 rings (SSSR count). The molecule has 0 amide bonds. The van der Waals surface area contributed by atoms with Gasteiger partial charge in [-0.15, -0.1) is 0 Å². The number of carbonyl (C=O) groups is 1. The predicted molar refractivity (Wildman–Crippen MR) is 117 cm³/mol. The maximum Gasteiger partial charge on any atom is 0.159 e. The number of fused-ring (bicyclic) bond motifs is 1. The Balaban J connectivity index is 1.66. The van der Waals surface area contributed by atoms with E-state index in [0.29, 0.717) is 0 Å². The van der Waals surface area contributed by atoms with Crippen molar-refractivity contribution in [1.82, 2.24) is 5.01 Å². The number of nitrogens with one attached hydrogen (secondary N) is 1. The number of hydrogen-bond donors (Lipinski definition) is 1. The van der Waals surface area contributed by atoms with E-state index in [0.717, 1.165) is 30.9 Å². The zero-order valence-corrected chi connectivity index (χ0v) is 16.6. The van der Waals surface area contributed by atoms with Crippen molar-refractivity contribution in [2.75, 3.05) is 30.5 Å². The lowest BCUT2D eigenvalue weighted by Gasteiger charge is -2.41. The largest absolute Gasteiger partial charge is 0.388 e. The van der Waals surface area contributed by atoms with E-state index in [1.165, 1.54) is 34.9 Å². The van der Waals surface area contributed by atoms with E-state index in [1.807, 2.05) is 19.2 Å². The molecule has 0 bridgehead atoms. The van der Waals surface area contributed by atoms with Gasteiger partial charge in [-0.3, -0.25) is 4.79 Å². The fourth-order valence-electron chi connectivity index (χ4n) is 4.04. The molecule has 0 saturated carbocycles. The minimum Gasteiger partial charge on any atom is -0.388 e. The Labute approximate surface area is 166 Å². The van der Waals surface area contributed by atoms with Gasteiger partial charge >= 0.3 is 0 Å². The fourth-order valence-corrected chi connectivity index (χ4v) is 4.04. The molecule has 3 aromatic carbocycles. The third kappa shape index (κ3) is 3.60. The fraction of sp³-hybridized carbons (Fsp3) is 0.292. The quantitative estimate of drug-likeness (QED) is 0.631. The van der Waals surface area contributed by atoms with Gasteiger partial charge in [-0.25, -0.2) is 5.01 Å². The van der Waals surface area contributed by atoms with E-state index < -0.39 is 0 Å². The highest BCUT2D eigenvalue weighted by Crippen LogP contribution is 2.34. The summed E-state index contributed by atoms with van der Waals surface area (Å²) >= 11 is 0. The molecule has 1 saturated heterocycles. The molecule has 0 atom stereocenters. The summed E-state index contributed by atoms with van der Waals surface area (Å²) < 4.78 is 0. The van der Waals surface area contributed by atoms with Crippen LogP contribution in [0.5, 0.6) is 0 Å². The van der Waals surface area contributed by atoms with E-state index in [2.05, 4.69) is 63.9 Å². The van der Waals surface area contributed by atoms with E-state index in [9.17, 15) is 4.79 Å². The molecule has 3 aromatic rings. The van der Waals surface area contributed by atoms with Gasteiger partial charge in [-0.1, -0.05) is 48.5 Å². The number of hydrazine groups is 1. The Morgan fingerprint density at radius 3 is 2.36 bits per heavy atom. The smallest absolute Gasteiger partial charge is 0.159 e. The first kappa shape index (κ1) is 18.5. The minimum absolute atomic E-state index is 0.113. The normalized spacial score (nSPS) is 15.0. The number of nitrogens with zero attached hydrogens (tertiary/aromatic N) is 2. The van der Waals surface area contributed by atoms with Crippen molar-refractivity contribution in [2.45, 2.75) is 26.3 Å². The van der Waals surface area contributed by atoms with Gasteiger partial charge < -0.3 is 10.3 Å². The summed E-state index contributed by atoms with van der Waals surface area (Å²) in [6, 6.07) is 21.0. The second kappa shape index (κ2) is 8.03. The second-order valence-corrected chi connectivity index (χ2v) is 7.40. The molecule has 1 heterocycles. The van der Waals surface area contributed by atoms with Gasteiger partial charge in [0.1, 0.15) is 0 Å². The van der Waals surface area contributed by atoms with Crippen LogP contribution in [0, 0.1) is 0 Å². The van der Waals surface area contributed by atoms with Crippen LogP contribution in [0.25, 0.3) is 10.8 Å². The molecular formula is C24H27N3O. The van der Waals surface area contributed by atoms with Crippen LogP contribution in [0.4, 0.5) is 11.4 Å². The van der Waals surface area contributed by atoms with Crippen LogP contribution in [-0.2, 0) is 6.54 Å². The van der Waals surface area contributed by atoms with Gasteiger partial charge in [0.15, 0.2) is 5.78 Å². The van der Waals surface area contributed by atoms with Crippen LogP contribution < -0.4 is 10.3 Å². The van der Waals surface area contributed by atoms with Crippen LogP contribution in [0.2, 0.25) is 0 Å². The van der Waals surface area contributed by atoms with E-state index >= 15 is 0 Å². The van der Waals surface area contributed by atoms with Gasteiger partial charge in [-0.2, -0.15) is 0 Å². The molecule has 0 aromatic heterocycles. The Hall–Kier alpha value is -2.85. The Morgan fingerprint density at radius 2 is 1.64 bits per heavy atom. The molecule has 0 radical (unpaired) electrons. The van der Waals surface area contributed by atoms with Crippen molar-refractivity contribution < 1.29 is 4.79 Å². The number of anilines is 2. The molecule has 4 heteroatoms. The van der Waals surface area contributed by atoms with Gasteiger partial charge in [0, 0.05) is 48.7 Å². The number of ketones is 1.